The molecule has 0 amide bonds. The Morgan fingerprint density at radius 1 is 0.487 bits per heavy atom. The summed E-state index contributed by atoms with van der Waals surface area (Å²) in [5, 5.41) is 9.01. The van der Waals surface area contributed by atoms with E-state index in [2.05, 4.69) is 285 Å². The Kier molecular flexibility index (Phi) is 10.2. The summed E-state index contributed by atoms with van der Waals surface area (Å²) in [6.45, 7) is 25.3. The van der Waals surface area contributed by atoms with Crippen molar-refractivity contribution in [1.82, 2.24) is 4.57 Å². The van der Waals surface area contributed by atoms with Crippen LogP contribution < -0.4 is 26.6 Å². The summed E-state index contributed by atoms with van der Waals surface area (Å²) in [5.41, 5.74) is 27.9. The number of nitrogens with one attached hydrogen (secondary N) is 1. The van der Waals surface area contributed by atoms with Crippen LogP contribution in [0, 0.1) is 13.8 Å². The summed E-state index contributed by atoms with van der Waals surface area (Å²) in [5.74, 6) is 0. The van der Waals surface area contributed by atoms with Crippen LogP contribution >= 0.6 is 0 Å². The molecule has 0 atom stereocenters. The van der Waals surface area contributed by atoms with E-state index in [-0.39, 0.29) is 23.0 Å². The van der Waals surface area contributed by atoms with Crippen LogP contribution in [0.15, 0.2) is 199 Å². The summed E-state index contributed by atoms with van der Waals surface area (Å²) in [6.07, 6.45) is 0. The Bertz CT molecular complexity index is 4530. The largest absolute Gasteiger partial charge is 0.455 e. The van der Waals surface area contributed by atoms with E-state index in [9.17, 15) is 0 Å². The first kappa shape index (κ1) is 48.6. The smallest absolute Gasteiger partial charge is 0.252 e. The Hall–Kier alpha value is -8.54. The van der Waals surface area contributed by atoms with Gasteiger partial charge >= 0.3 is 0 Å². The zero-order valence-corrected chi connectivity index (χ0v) is 47.9. The number of hydrogen-bond acceptors (Lipinski definition) is 3. The first-order valence-corrected chi connectivity index (χ1v) is 28.7. The molecule has 5 heteroatoms. The summed E-state index contributed by atoms with van der Waals surface area (Å²) in [7, 11) is 0. The van der Waals surface area contributed by atoms with Gasteiger partial charge in [-0.1, -0.05) is 207 Å². The van der Waals surface area contributed by atoms with Crippen LogP contribution in [0.5, 0.6) is 0 Å². The predicted molar refractivity (Wildman–Crippen MR) is 340 cm³/mol. The fourth-order valence-electron chi connectivity index (χ4n) is 14.2. The molecule has 4 nitrogen and oxygen atoms in total. The lowest BCUT2D eigenvalue weighted by molar-refractivity contribution is 0.590. The van der Waals surface area contributed by atoms with E-state index >= 15 is 0 Å². The van der Waals surface area contributed by atoms with Crippen LogP contribution in [0.1, 0.15) is 112 Å². The second-order valence-corrected chi connectivity index (χ2v) is 26.3. The number of aryl methyl sites for hydroxylation is 2. The van der Waals surface area contributed by atoms with E-state index in [0.29, 0.717) is 0 Å². The molecule has 0 spiro atoms. The number of rotatable bonds is 4. The number of aromatic nitrogens is 1. The van der Waals surface area contributed by atoms with Crippen molar-refractivity contribution >= 4 is 95.3 Å². The minimum atomic E-state index is -0.737. The van der Waals surface area contributed by atoms with Crippen LogP contribution in [0.3, 0.4) is 0 Å². The van der Waals surface area contributed by atoms with Crippen molar-refractivity contribution in [3.63, 3.8) is 0 Å². The molecule has 0 bridgehead atoms. The minimum Gasteiger partial charge on any atom is -0.455 e. The van der Waals surface area contributed by atoms with E-state index < -0.39 is 5.41 Å². The van der Waals surface area contributed by atoms with Crippen molar-refractivity contribution in [3.8, 4) is 16.8 Å². The van der Waals surface area contributed by atoms with Gasteiger partial charge in [0.25, 0.3) is 6.71 Å². The molecule has 4 heterocycles. The third-order valence-corrected chi connectivity index (χ3v) is 18.3. The molecule has 10 aromatic carbocycles. The van der Waals surface area contributed by atoms with Gasteiger partial charge in [0.2, 0.25) is 0 Å². The van der Waals surface area contributed by atoms with E-state index in [4.69, 9.17) is 4.42 Å². The predicted octanol–water partition coefficient (Wildman–Crippen LogP) is 17.9. The maximum atomic E-state index is 6.98. The normalized spacial score (nSPS) is 14.3. The highest BCUT2D eigenvalue weighted by atomic mass is 16.3. The Morgan fingerprint density at radius 2 is 1.11 bits per heavy atom. The maximum Gasteiger partial charge on any atom is 0.252 e. The molecule has 0 radical (unpaired) electrons. The molecule has 15 rings (SSSR count). The van der Waals surface area contributed by atoms with E-state index in [1.807, 2.05) is 0 Å². The van der Waals surface area contributed by atoms with Crippen LogP contribution in [0.4, 0.5) is 28.4 Å². The van der Waals surface area contributed by atoms with E-state index in [1.165, 1.54) is 100 Å². The van der Waals surface area contributed by atoms with Crippen molar-refractivity contribution in [2.45, 2.75) is 97.8 Å². The Labute approximate surface area is 470 Å². The quantitative estimate of drug-likeness (QED) is 0.178. The van der Waals surface area contributed by atoms with Crippen LogP contribution in [0.2, 0.25) is 0 Å². The SMILES string of the molecule is Cc1ccc(C2(c3ccc(C)cc3)c3ccccc3-c3c(-n4c5ccccc5c5c6oc7ccccc7c6ccc54)cc4c(c32)Nc2cc(C(C)(C)C)cc3c2B4c2cc(C(C)(C)C)ccc2N3c2ccc(C(C)(C)C)cc2)cc1. The van der Waals surface area contributed by atoms with Gasteiger partial charge in [0.1, 0.15) is 11.2 Å². The van der Waals surface area contributed by atoms with Gasteiger partial charge in [0, 0.05) is 55.7 Å². The van der Waals surface area contributed by atoms with Crippen molar-refractivity contribution in [2.75, 3.05) is 10.2 Å². The van der Waals surface area contributed by atoms with Crippen molar-refractivity contribution in [1.29, 1.82) is 0 Å². The van der Waals surface area contributed by atoms with Gasteiger partial charge in [-0.05, 0) is 146 Å². The van der Waals surface area contributed by atoms with E-state index in [0.717, 1.165) is 55.4 Å². The van der Waals surface area contributed by atoms with Gasteiger partial charge in [-0.15, -0.1) is 0 Å². The average molecular weight is 1040 g/mol. The average Bonchev–Trinajstić information content (AvgIpc) is 2.90. The molecule has 0 saturated carbocycles. The summed E-state index contributed by atoms with van der Waals surface area (Å²) < 4.78 is 9.57. The van der Waals surface area contributed by atoms with Gasteiger partial charge in [-0.2, -0.15) is 0 Å². The van der Waals surface area contributed by atoms with Crippen LogP contribution in [-0.2, 0) is 21.7 Å². The summed E-state index contributed by atoms with van der Waals surface area (Å²) in [6, 6.07) is 74.6. The fraction of sp³-hybridized carbons (Fsp3) is 0.200. The molecular weight excluding hydrogens is 970 g/mol. The zero-order valence-electron chi connectivity index (χ0n) is 47.9. The monoisotopic (exact) mass is 1040 g/mol. The number of fused-ring (bicyclic) bond motifs is 15. The molecule has 2 aromatic heterocycles. The van der Waals surface area contributed by atoms with Crippen LogP contribution in [-0.4, -0.2) is 11.3 Å². The molecule has 1 N–H and O–H groups in total. The fourth-order valence-corrected chi connectivity index (χ4v) is 14.2. The van der Waals surface area contributed by atoms with Crippen molar-refractivity contribution in [3.05, 3.63) is 244 Å². The molecule has 0 saturated heterocycles. The third-order valence-electron chi connectivity index (χ3n) is 18.3. The van der Waals surface area contributed by atoms with Gasteiger partial charge in [-0.3, -0.25) is 0 Å². The topological polar surface area (TPSA) is 33.3 Å². The summed E-state index contributed by atoms with van der Waals surface area (Å²) in [4.78, 5) is 2.57. The maximum absolute atomic E-state index is 6.98. The van der Waals surface area contributed by atoms with Gasteiger partial charge < -0.3 is 19.2 Å². The lowest BCUT2D eigenvalue weighted by atomic mass is 9.33. The van der Waals surface area contributed by atoms with Crippen molar-refractivity contribution in [2.24, 2.45) is 0 Å². The molecule has 0 fully saturated rings. The lowest BCUT2D eigenvalue weighted by Gasteiger charge is -2.44. The standard InChI is InChI=1S/C75H66BN3O/c1-44-24-28-47(29-25-44)75(48-30-26-45(2)27-31-48)56-21-15-12-19-54(56)66-63(79-60-22-16-13-20-55(60)67-62(79)39-37-53-52-18-14-17-23-65(52)80-71(53)67)43-58-70(68(66)75)77-59-41-50(74(9,10)11)42-64-69(59)76(58)57-40-49(73(6,7)8)34-38-61(57)78(64)51-35-32-46(33-36-51)72(3,4)5/h12-43,77H,1-11H3. The number of anilines is 5. The summed E-state index contributed by atoms with van der Waals surface area (Å²) >= 11 is 0. The first-order chi connectivity index (χ1) is 38.4. The molecule has 2 aliphatic heterocycles. The molecule has 390 valence electrons. The van der Waals surface area contributed by atoms with Gasteiger partial charge in [0.05, 0.1) is 27.5 Å². The number of para-hydroxylation sites is 2. The second-order valence-electron chi connectivity index (χ2n) is 26.3. The van der Waals surface area contributed by atoms with Crippen LogP contribution in [0.25, 0.3) is 60.6 Å². The van der Waals surface area contributed by atoms with Gasteiger partial charge in [-0.25, -0.2) is 0 Å². The number of furan rings is 1. The first-order valence-electron chi connectivity index (χ1n) is 28.7. The third kappa shape index (κ3) is 6.82. The highest BCUT2D eigenvalue weighted by molar-refractivity contribution is 7.00. The number of benzene rings is 10. The molecule has 12 aromatic rings. The highest BCUT2D eigenvalue weighted by Crippen LogP contribution is 2.61. The van der Waals surface area contributed by atoms with Crippen molar-refractivity contribution < 1.29 is 4.42 Å². The number of nitrogens with zero attached hydrogens (tertiary/aromatic N) is 2. The highest BCUT2D eigenvalue weighted by Gasteiger charge is 2.52. The molecule has 80 heavy (non-hydrogen) atoms. The molecule has 1 aliphatic carbocycles. The Balaban J connectivity index is 1.14. The minimum absolute atomic E-state index is 0.0163. The number of hydrogen-bond donors (Lipinski definition) is 1. The lowest BCUT2D eigenvalue weighted by Crippen LogP contribution is -2.61. The zero-order chi connectivity index (χ0) is 54.9. The molecule has 0 unspecified atom stereocenters. The molecule has 3 aliphatic rings. The van der Waals surface area contributed by atoms with Gasteiger partial charge in [0.15, 0.2) is 0 Å². The van der Waals surface area contributed by atoms with E-state index in [1.54, 1.807) is 0 Å². The Morgan fingerprint density at radius 3 is 1.80 bits per heavy atom. The second kappa shape index (κ2) is 16.8. The molecular formula is C75H66BN3O.